The Morgan fingerprint density at radius 1 is 0.818 bits per heavy atom. The zero-order valence-corrected chi connectivity index (χ0v) is 18.7. The number of aliphatic hydroxyl groups excluding tert-OH is 1. The third kappa shape index (κ3) is 15.1. The minimum Gasteiger partial charge on any atom is -0.748 e. The maximum atomic E-state index is 11.3. The average molecular weight is 361 g/mol. The second-order valence-corrected chi connectivity index (χ2v) is 7.70. The first-order valence-electron chi connectivity index (χ1n) is 8.54. The van der Waals surface area contributed by atoms with Crippen LogP contribution >= 0.6 is 0 Å². The minimum atomic E-state index is -4.18. The fourth-order valence-corrected chi connectivity index (χ4v) is 3.55. The van der Waals surface area contributed by atoms with E-state index in [0.717, 1.165) is 44.9 Å². The summed E-state index contributed by atoms with van der Waals surface area (Å²) in [6.07, 6.45) is 9.88. The van der Waals surface area contributed by atoms with Crippen LogP contribution in [0.4, 0.5) is 0 Å². The van der Waals surface area contributed by atoms with E-state index in [1.54, 1.807) is 0 Å². The summed E-state index contributed by atoms with van der Waals surface area (Å²) in [5.74, 6) is 0. The van der Waals surface area contributed by atoms with Gasteiger partial charge < -0.3 is 9.66 Å². The molecule has 0 aromatic carbocycles. The Kier molecular flexibility index (Phi) is 18.7. The number of rotatable bonds is 14. The Bertz CT molecular complexity index is 333. The van der Waals surface area contributed by atoms with Gasteiger partial charge in [-0.3, -0.25) is 0 Å². The Morgan fingerprint density at radius 2 is 1.32 bits per heavy atom. The van der Waals surface area contributed by atoms with Gasteiger partial charge in [-0.2, -0.15) is 0 Å². The average Bonchev–Trinajstić information content (AvgIpc) is 2.39. The summed E-state index contributed by atoms with van der Waals surface area (Å²) in [7, 11) is -4.18. The van der Waals surface area contributed by atoms with Crippen molar-refractivity contribution in [1.29, 1.82) is 0 Å². The Hall–Kier alpha value is 1.51. The Morgan fingerprint density at radius 3 is 1.82 bits per heavy atom. The quantitative estimate of drug-likeness (QED) is 0.285. The molecule has 0 radical (unpaired) electrons. The van der Waals surface area contributed by atoms with Crippen LogP contribution in [0.25, 0.3) is 0 Å². The normalized spacial score (nSPS) is 14.4. The van der Waals surface area contributed by atoms with Gasteiger partial charge in [0.15, 0.2) is 0 Å². The predicted molar refractivity (Wildman–Crippen MR) is 86.2 cm³/mol. The van der Waals surface area contributed by atoms with Crippen LogP contribution < -0.4 is 51.4 Å². The van der Waals surface area contributed by atoms with Gasteiger partial charge in [0, 0.05) is 5.25 Å². The van der Waals surface area contributed by atoms with Crippen molar-refractivity contribution in [3.63, 3.8) is 0 Å². The van der Waals surface area contributed by atoms with Gasteiger partial charge in [0.25, 0.3) is 0 Å². The van der Waals surface area contributed by atoms with E-state index in [4.69, 9.17) is 0 Å². The number of hydrogen-bond donors (Lipinski definition) is 1. The smallest absolute Gasteiger partial charge is 0.748 e. The zero-order valence-electron chi connectivity index (χ0n) is 14.7. The van der Waals surface area contributed by atoms with Crippen LogP contribution in [-0.2, 0) is 10.1 Å². The van der Waals surface area contributed by atoms with E-state index < -0.39 is 15.4 Å². The molecule has 6 heteroatoms. The van der Waals surface area contributed by atoms with Crippen molar-refractivity contribution in [2.45, 2.75) is 102 Å². The first-order valence-corrected chi connectivity index (χ1v) is 10.0. The molecule has 4 nitrogen and oxygen atoms in total. The molecule has 22 heavy (non-hydrogen) atoms. The summed E-state index contributed by atoms with van der Waals surface area (Å²) in [5.41, 5.74) is 0. The van der Waals surface area contributed by atoms with E-state index in [2.05, 4.69) is 6.92 Å². The molecule has 0 heterocycles. The minimum absolute atomic E-state index is 0. The second kappa shape index (κ2) is 16.0. The van der Waals surface area contributed by atoms with Gasteiger partial charge in [-0.1, -0.05) is 65.2 Å². The number of unbranched alkanes of at least 4 members (excludes halogenated alkanes) is 5. The van der Waals surface area contributed by atoms with Crippen LogP contribution in [0.15, 0.2) is 0 Å². The van der Waals surface area contributed by atoms with E-state index >= 15 is 0 Å². The first-order chi connectivity index (χ1) is 9.91. The third-order valence-corrected chi connectivity index (χ3v) is 5.26. The molecule has 0 saturated carbocycles. The van der Waals surface area contributed by atoms with Gasteiger partial charge in [0.05, 0.1) is 16.2 Å². The second-order valence-electron chi connectivity index (χ2n) is 6.04. The van der Waals surface area contributed by atoms with Crippen LogP contribution in [0.5, 0.6) is 0 Å². The summed E-state index contributed by atoms with van der Waals surface area (Å²) in [4.78, 5) is 0. The zero-order chi connectivity index (χ0) is 16.1. The molecule has 0 amide bonds. The van der Waals surface area contributed by atoms with Crippen LogP contribution in [-0.4, -0.2) is 29.4 Å². The molecule has 0 aromatic rings. The fourth-order valence-electron chi connectivity index (χ4n) is 2.64. The van der Waals surface area contributed by atoms with E-state index in [9.17, 15) is 18.1 Å². The van der Waals surface area contributed by atoms with Gasteiger partial charge in [-0.05, 0) is 25.7 Å². The van der Waals surface area contributed by atoms with Crippen LogP contribution in [0.3, 0.4) is 0 Å². The Labute approximate surface area is 180 Å². The maximum absolute atomic E-state index is 11.3. The standard InChI is InChI=1S/C16H34O4S.K/c1-3-5-6-7-8-13-16(21(18,19)20)14-10-9-12-15(17)11-4-2;/h15-17H,3-14H2,1-2H3,(H,18,19,20);/q;+1/p-1. The predicted octanol–water partition coefficient (Wildman–Crippen LogP) is 0.986. The SMILES string of the molecule is CCCCCCCC(CCCCC(O)CCC)S(=O)(=O)[O-].[K+]. The Balaban J connectivity index is 0. The van der Waals surface area contributed by atoms with Gasteiger partial charge in [0.2, 0.25) is 0 Å². The molecule has 128 valence electrons. The topological polar surface area (TPSA) is 77.4 Å². The molecule has 0 aliphatic rings. The fraction of sp³-hybridized carbons (Fsp3) is 1.00. The van der Waals surface area contributed by atoms with Gasteiger partial charge in [0.1, 0.15) is 0 Å². The van der Waals surface area contributed by atoms with E-state index in [-0.39, 0.29) is 57.5 Å². The van der Waals surface area contributed by atoms with Crippen molar-refractivity contribution >= 4 is 10.1 Å². The van der Waals surface area contributed by atoms with Crippen LogP contribution in [0.2, 0.25) is 0 Å². The van der Waals surface area contributed by atoms with Crippen molar-refractivity contribution in [3.8, 4) is 0 Å². The molecule has 0 bridgehead atoms. The molecule has 0 fully saturated rings. The first kappa shape index (κ1) is 25.7. The molecule has 0 spiro atoms. The molecule has 0 aliphatic carbocycles. The van der Waals surface area contributed by atoms with Crippen molar-refractivity contribution < 1.29 is 69.5 Å². The molecular formula is C16H33KO4S. The molecular weight excluding hydrogens is 327 g/mol. The third-order valence-electron chi connectivity index (χ3n) is 3.97. The summed E-state index contributed by atoms with van der Waals surface area (Å²) in [6, 6.07) is 0. The molecule has 1 N–H and O–H groups in total. The molecule has 0 aliphatic heterocycles. The maximum Gasteiger partial charge on any atom is 1.00 e. The molecule has 0 aromatic heterocycles. The van der Waals surface area contributed by atoms with Crippen LogP contribution in [0, 0.1) is 0 Å². The summed E-state index contributed by atoms with van der Waals surface area (Å²) < 4.78 is 33.8. The van der Waals surface area contributed by atoms with Crippen molar-refractivity contribution in [2.75, 3.05) is 0 Å². The molecule has 0 saturated heterocycles. The van der Waals surface area contributed by atoms with E-state index in [0.29, 0.717) is 25.7 Å². The van der Waals surface area contributed by atoms with Crippen molar-refractivity contribution in [1.82, 2.24) is 0 Å². The van der Waals surface area contributed by atoms with Gasteiger partial charge >= 0.3 is 51.4 Å². The number of hydrogen-bond acceptors (Lipinski definition) is 4. The van der Waals surface area contributed by atoms with Crippen molar-refractivity contribution in [2.24, 2.45) is 0 Å². The molecule has 2 atom stereocenters. The molecule has 2 unspecified atom stereocenters. The number of aliphatic hydroxyl groups is 1. The van der Waals surface area contributed by atoms with Crippen LogP contribution in [0.1, 0.15) is 90.9 Å². The van der Waals surface area contributed by atoms with Crippen molar-refractivity contribution in [3.05, 3.63) is 0 Å². The summed E-state index contributed by atoms with van der Waals surface area (Å²) >= 11 is 0. The van der Waals surface area contributed by atoms with Gasteiger partial charge in [-0.15, -0.1) is 0 Å². The van der Waals surface area contributed by atoms with E-state index in [1.807, 2.05) is 6.92 Å². The summed E-state index contributed by atoms with van der Waals surface area (Å²) in [6.45, 7) is 4.17. The van der Waals surface area contributed by atoms with E-state index in [1.165, 1.54) is 6.42 Å². The summed E-state index contributed by atoms with van der Waals surface area (Å²) in [5, 5.41) is 8.88. The molecule has 0 rings (SSSR count). The largest absolute Gasteiger partial charge is 1.00 e. The van der Waals surface area contributed by atoms with Gasteiger partial charge in [-0.25, -0.2) is 8.42 Å². The monoisotopic (exact) mass is 360 g/mol.